The molecule has 1 heterocycles. The van der Waals surface area contributed by atoms with Gasteiger partial charge in [-0.2, -0.15) is 0 Å². The van der Waals surface area contributed by atoms with Crippen molar-refractivity contribution in [1.82, 2.24) is 0 Å². The standard InChI is InChI=1S/C20H18O3S2/c1-24-20-19(16-10-6-3-7-11-16)23-17(14-25-20)12-18(21)22-13-15-8-4-2-5-9-15/h2-12H,13-14H2,1H3/b17-12-. The molecule has 1 aliphatic heterocycles. The Labute approximate surface area is 156 Å². The molecule has 2 aromatic rings. The third-order valence-electron chi connectivity index (χ3n) is 3.49. The average Bonchev–Trinajstić information content (AvgIpc) is 2.68. The lowest BCUT2D eigenvalue weighted by molar-refractivity contribution is -0.139. The van der Waals surface area contributed by atoms with E-state index in [0.717, 1.165) is 21.1 Å². The molecule has 0 aliphatic carbocycles. The lowest BCUT2D eigenvalue weighted by atomic mass is 10.2. The summed E-state index contributed by atoms with van der Waals surface area (Å²) in [5.74, 6) is 1.64. The highest BCUT2D eigenvalue weighted by Crippen LogP contribution is 2.41. The van der Waals surface area contributed by atoms with Crippen molar-refractivity contribution in [3.63, 3.8) is 0 Å². The molecule has 0 bridgehead atoms. The molecule has 0 spiro atoms. The largest absolute Gasteiger partial charge is 0.458 e. The van der Waals surface area contributed by atoms with Crippen LogP contribution in [0.4, 0.5) is 0 Å². The Balaban J connectivity index is 1.68. The van der Waals surface area contributed by atoms with Crippen molar-refractivity contribution < 1.29 is 14.3 Å². The summed E-state index contributed by atoms with van der Waals surface area (Å²) in [4.78, 5) is 12.1. The van der Waals surface area contributed by atoms with Crippen LogP contribution in [-0.4, -0.2) is 18.0 Å². The summed E-state index contributed by atoms with van der Waals surface area (Å²) in [6.45, 7) is 0.258. The summed E-state index contributed by atoms with van der Waals surface area (Å²) in [6, 6.07) is 19.5. The summed E-state index contributed by atoms with van der Waals surface area (Å²) in [5.41, 5.74) is 1.96. The first-order chi connectivity index (χ1) is 12.3. The highest BCUT2D eigenvalue weighted by atomic mass is 32.2. The molecule has 25 heavy (non-hydrogen) atoms. The Kier molecular flexibility index (Phi) is 6.25. The lowest BCUT2D eigenvalue weighted by Gasteiger charge is -2.21. The van der Waals surface area contributed by atoms with E-state index in [4.69, 9.17) is 9.47 Å². The van der Waals surface area contributed by atoms with Crippen LogP contribution in [0.2, 0.25) is 0 Å². The molecule has 0 saturated heterocycles. The Hall–Kier alpha value is -2.11. The molecule has 128 valence electrons. The van der Waals surface area contributed by atoms with Gasteiger partial charge in [-0.3, -0.25) is 0 Å². The van der Waals surface area contributed by atoms with Gasteiger partial charge >= 0.3 is 5.97 Å². The highest BCUT2D eigenvalue weighted by molar-refractivity contribution is 8.22. The van der Waals surface area contributed by atoms with E-state index in [1.807, 2.05) is 66.9 Å². The molecule has 0 aromatic heterocycles. The zero-order valence-electron chi connectivity index (χ0n) is 13.8. The summed E-state index contributed by atoms with van der Waals surface area (Å²) in [7, 11) is 0. The number of hydrogen-bond acceptors (Lipinski definition) is 5. The number of thioether (sulfide) groups is 2. The molecular formula is C20H18O3S2. The summed E-state index contributed by atoms with van der Waals surface area (Å²) in [6.07, 6.45) is 3.47. The summed E-state index contributed by atoms with van der Waals surface area (Å²) in [5, 5.41) is 0. The van der Waals surface area contributed by atoms with Gasteiger partial charge in [-0.05, 0) is 11.8 Å². The van der Waals surface area contributed by atoms with Gasteiger partial charge in [-0.1, -0.05) is 60.7 Å². The van der Waals surface area contributed by atoms with E-state index in [1.165, 1.54) is 6.08 Å². The first-order valence-electron chi connectivity index (χ1n) is 7.82. The molecule has 0 N–H and O–H groups in total. The summed E-state index contributed by atoms with van der Waals surface area (Å²) < 4.78 is 12.4. The van der Waals surface area contributed by atoms with Gasteiger partial charge in [0.2, 0.25) is 0 Å². The van der Waals surface area contributed by atoms with Gasteiger partial charge < -0.3 is 9.47 Å². The van der Waals surface area contributed by atoms with Crippen molar-refractivity contribution in [2.45, 2.75) is 6.61 Å². The quantitative estimate of drug-likeness (QED) is 0.543. The normalized spacial score (nSPS) is 15.8. The lowest BCUT2D eigenvalue weighted by Crippen LogP contribution is -2.08. The second-order valence-electron chi connectivity index (χ2n) is 5.28. The van der Waals surface area contributed by atoms with E-state index < -0.39 is 0 Å². The minimum atomic E-state index is -0.389. The Morgan fingerprint density at radius 3 is 2.52 bits per heavy atom. The van der Waals surface area contributed by atoms with Gasteiger partial charge in [0.25, 0.3) is 0 Å². The molecule has 1 aliphatic rings. The maximum atomic E-state index is 12.1. The van der Waals surface area contributed by atoms with Gasteiger partial charge in [0, 0.05) is 5.56 Å². The number of carbonyl (C=O) groups excluding carboxylic acids is 1. The number of carbonyl (C=O) groups is 1. The van der Waals surface area contributed by atoms with E-state index in [1.54, 1.807) is 23.5 Å². The topological polar surface area (TPSA) is 35.5 Å². The molecular weight excluding hydrogens is 352 g/mol. The molecule has 0 atom stereocenters. The van der Waals surface area contributed by atoms with Crippen LogP contribution in [0.25, 0.3) is 5.76 Å². The highest BCUT2D eigenvalue weighted by Gasteiger charge is 2.20. The van der Waals surface area contributed by atoms with E-state index >= 15 is 0 Å². The Bertz CT molecular complexity index is 783. The fourth-order valence-electron chi connectivity index (χ4n) is 2.30. The van der Waals surface area contributed by atoms with Crippen molar-refractivity contribution in [2.24, 2.45) is 0 Å². The fraction of sp³-hybridized carbons (Fsp3) is 0.150. The third-order valence-corrected chi connectivity index (χ3v) is 5.77. The maximum absolute atomic E-state index is 12.1. The van der Waals surface area contributed by atoms with Crippen LogP contribution in [-0.2, 0) is 20.9 Å². The molecule has 0 unspecified atom stereocenters. The predicted molar refractivity (Wildman–Crippen MR) is 105 cm³/mol. The van der Waals surface area contributed by atoms with Gasteiger partial charge in [-0.15, -0.1) is 23.5 Å². The smallest absolute Gasteiger partial charge is 0.334 e. The Morgan fingerprint density at radius 1 is 1.16 bits per heavy atom. The van der Waals surface area contributed by atoms with Crippen molar-refractivity contribution in [2.75, 3.05) is 12.0 Å². The predicted octanol–water partition coefficient (Wildman–Crippen LogP) is 5.07. The number of benzene rings is 2. The molecule has 5 heteroatoms. The number of rotatable bonds is 5. The number of hydrogen-bond donors (Lipinski definition) is 0. The van der Waals surface area contributed by atoms with Crippen molar-refractivity contribution >= 4 is 35.3 Å². The molecule has 3 nitrogen and oxygen atoms in total. The monoisotopic (exact) mass is 370 g/mol. The Morgan fingerprint density at radius 2 is 1.84 bits per heavy atom. The molecule has 0 fully saturated rings. The van der Waals surface area contributed by atoms with Crippen LogP contribution in [0, 0.1) is 0 Å². The van der Waals surface area contributed by atoms with Crippen LogP contribution in [0.3, 0.4) is 0 Å². The van der Waals surface area contributed by atoms with Crippen LogP contribution in [0.5, 0.6) is 0 Å². The van der Waals surface area contributed by atoms with Crippen molar-refractivity contribution in [3.05, 3.63) is 87.9 Å². The third kappa shape index (κ3) is 4.94. The van der Waals surface area contributed by atoms with Crippen LogP contribution in [0.15, 0.2) is 76.7 Å². The minimum absolute atomic E-state index is 0.258. The second kappa shape index (κ2) is 8.83. The van der Waals surface area contributed by atoms with Gasteiger partial charge in [0.05, 0.1) is 16.1 Å². The second-order valence-corrected chi connectivity index (χ2v) is 7.34. The molecule has 0 radical (unpaired) electrons. The molecule has 3 rings (SSSR count). The zero-order valence-corrected chi connectivity index (χ0v) is 15.4. The minimum Gasteiger partial charge on any atom is -0.458 e. The molecule has 2 aromatic carbocycles. The van der Waals surface area contributed by atoms with Crippen LogP contribution in [0.1, 0.15) is 11.1 Å². The van der Waals surface area contributed by atoms with E-state index in [-0.39, 0.29) is 12.6 Å². The van der Waals surface area contributed by atoms with Gasteiger partial charge in [-0.25, -0.2) is 4.79 Å². The summed E-state index contributed by atoms with van der Waals surface area (Å²) >= 11 is 3.32. The SMILES string of the molecule is CSC1=C(c2ccccc2)O/C(=C\C(=O)OCc2ccccc2)CS1. The van der Waals surface area contributed by atoms with Crippen LogP contribution >= 0.6 is 23.5 Å². The average molecular weight is 370 g/mol. The fourth-order valence-corrected chi connectivity index (χ4v) is 3.99. The molecule has 0 saturated carbocycles. The molecule has 0 amide bonds. The first kappa shape index (κ1) is 17.7. The van der Waals surface area contributed by atoms with Crippen molar-refractivity contribution in [3.8, 4) is 0 Å². The van der Waals surface area contributed by atoms with E-state index in [0.29, 0.717) is 11.5 Å². The van der Waals surface area contributed by atoms with Crippen molar-refractivity contribution in [1.29, 1.82) is 0 Å². The maximum Gasteiger partial charge on any atom is 0.334 e. The van der Waals surface area contributed by atoms with Gasteiger partial charge in [0.15, 0.2) is 5.76 Å². The van der Waals surface area contributed by atoms with Gasteiger partial charge in [0.1, 0.15) is 12.4 Å². The number of esters is 1. The van der Waals surface area contributed by atoms with E-state index in [2.05, 4.69) is 0 Å². The number of ether oxygens (including phenoxy) is 2. The van der Waals surface area contributed by atoms with E-state index in [9.17, 15) is 4.79 Å². The zero-order chi connectivity index (χ0) is 17.5. The van der Waals surface area contributed by atoms with Crippen LogP contribution < -0.4 is 0 Å². The first-order valence-corrected chi connectivity index (χ1v) is 10.0.